The van der Waals surface area contributed by atoms with Crippen molar-refractivity contribution in [3.63, 3.8) is 0 Å². The first-order chi connectivity index (χ1) is 16.0. The molecule has 0 unspecified atom stereocenters. The van der Waals surface area contributed by atoms with Crippen molar-refractivity contribution in [3.8, 4) is 5.75 Å². The van der Waals surface area contributed by atoms with Gasteiger partial charge in [-0.25, -0.2) is 0 Å². The Balaban J connectivity index is 1.36. The van der Waals surface area contributed by atoms with Crippen molar-refractivity contribution in [1.29, 1.82) is 0 Å². The molecule has 0 radical (unpaired) electrons. The van der Waals surface area contributed by atoms with Gasteiger partial charge >= 0.3 is 0 Å². The van der Waals surface area contributed by atoms with Gasteiger partial charge in [0.25, 0.3) is 0 Å². The second kappa shape index (κ2) is 13.4. The highest BCUT2D eigenvalue weighted by molar-refractivity contribution is 5.77. The van der Waals surface area contributed by atoms with Crippen molar-refractivity contribution in [1.82, 2.24) is 4.90 Å². The van der Waals surface area contributed by atoms with Gasteiger partial charge in [-0.1, -0.05) is 71.4 Å². The van der Waals surface area contributed by atoms with Gasteiger partial charge in [0.2, 0.25) is 5.91 Å². The van der Waals surface area contributed by atoms with Gasteiger partial charge in [-0.15, -0.1) is 0 Å². The molecule has 0 saturated heterocycles. The van der Waals surface area contributed by atoms with Crippen LogP contribution in [0.15, 0.2) is 24.3 Å². The molecule has 2 saturated carbocycles. The van der Waals surface area contributed by atoms with Crippen LogP contribution in [0.4, 0.5) is 0 Å². The average Bonchev–Trinajstić information content (AvgIpc) is 2.84. The zero-order valence-electron chi connectivity index (χ0n) is 21.9. The van der Waals surface area contributed by atoms with Crippen LogP contribution in [0.5, 0.6) is 5.75 Å². The summed E-state index contributed by atoms with van der Waals surface area (Å²) in [7, 11) is 1.85. The fourth-order valence-corrected chi connectivity index (χ4v) is 6.24. The van der Waals surface area contributed by atoms with Crippen molar-refractivity contribution < 1.29 is 9.53 Å². The molecule has 1 aromatic carbocycles. The van der Waals surface area contributed by atoms with Gasteiger partial charge in [-0.2, -0.15) is 0 Å². The maximum Gasteiger partial charge on any atom is 0.224 e. The number of carbonyl (C=O) groups excluding carboxylic acids is 1. The number of nitrogens with zero attached hydrogens (tertiary/aromatic N) is 1. The molecule has 0 bridgehead atoms. The number of unbranched alkanes of at least 4 members (excludes halogenated alkanes) is 2. The lowest BCUT2D eigenvalue weighted by Gasteiger charge is -2.38. The third-order valence-electron chi connectivity index (χ3n) is 8.46. The van der Waals surface area contributed by atoms with Crippen molar-refractivity contribution in [2.75, 3.05) is 20.2 Å². The third-order valence-corrected chi connectivity index (χ3v) is 8.46. The van der Waals surface area contributed by atoms with Crippen LogP contribution in [0.2, 0.25) is 0 Å². The Morgan fingerprint density at radius 3 is 2.12 bits per heavy atom. The summed E-state index contributed by atoms with van der Waals surface area (Å²) in [5, 5.41) is 0. The zero-order chi connectivity index (χ0) is 23.6. The first-order valence-electron chi connectivity index (χ1n) is 14.0. The summed E-state index contributed by atoms with van der Waals surface area (Å²) < 4.78 is 5.89. The Labute approximate surface area is 203 Å². The third kappa shape index (κ3) is 8.04. The number of carbonyl (C=O) groups is 1. The number of hydrogen-bond acceptors (Lipinski definition) is 2. The highest BCUT2D eigenvalue weighted by atomic mass is 16.5. The Hall–Kier alpha value is -1.51. The van der Waals surface area contributed by atoms with Crippen molar-refractivity contribution in [2.24, 2.45) is 23.7 Å². The second-order valence-electron chi connectivity index (χ2n) is 11.2. The van der Waals surface area contributed by atoms with Gasteiger partial charge in [0, 0.05) is 13.0 Å². The second-order valence-corrected chi connectivity index (χ2v) is 11.2. The fraction of sp³-hybridized carbons (Fsp3) is 0.767. The topological polar surface area (TPSA) is 29.5 Å². The molecule has 3 heteroatoms. The summed E-state index contributed by atoms with van der Waals surface area (Å²) in [5.41, 5.74) is 1.48. The molecular formula is C30H49NO2. The van der Waals surface area contributed by atoms with Crippen LogP contribution in [0.1, 0.15) is 109 Å². The van der Waals surface area contributed by atoms with Gasteiger partial charge < -0.3 is 9.64 Å². The van der Waals surface area contributed by atoms with Gasteiger partial charge in [-0.3, -0.25) is 4.79 Å². The molecule has 0 aromatic heterocycles. The fourth-order valence-electron chi connectivity index (χ4n) is 6.24. The van der Waals surface area contributed by atoms with E-state index >= 15 is 0 Å². The number of amides is 1. The van der Waals surface area contributed by atoms with Crippen molar-refractivity contribution in [2.45, 2.75) is 104 Å². The molecule has 3 nitrogen and oxygen atoms in total. The quantitative estimate of drug-likeness (QED) is 0.318. The maximum absolute atomic E-state index is 12.0. The van der Waals surface area contributed by atoms with Crippen LogP contribution in [0.25, 0.3) is 0 Å². The van der Waals surface area contributed by atoms with E-state index in [9.17, 15) is 4.79 Å². The number of hydrogen-bond donors (Lipinski definition) is 0. The van der Waals surface area contributed by atoms with E-state index < -0.39 is 0 Å². The Morgan fingerprint density at radius 2 is 1.55 bits per heavy atom. The molecule has 1 amide bonds. The molecular weight excluding hydrogens is 406 g/mol. The van der Waals surface area contributed by atoms with E-state index in [-0.39, 0.29) is 11.8 Å². The molecule has 2 fully saturated rings. The van der Waals surface area contributed by atoms with Crippen LogP contribution < -0.4 is 4.74 Å². The summed E-state index contributed by atoms with van der Waals surface area (Å²) in [6.45, 7) is 7.36. The Kier molecular flexibility index (Phi) is 10.6. The van der Waals surface area contributed by atoms with E-state index in [2.05, 4.69) is 31.2 Å². The standard InChI is InChI=1S/C30H49NO2/c1-5-6-7-8-24-9-11-25(12-10-24)26-13-15-27(16-14-26)28-17-19-29(20-18-28)33-22-21-31(4)30(32)23(2)3/h17-20,23-27H,5-16,21-22H2,1-4H3. The van der Waals surface area contributed by atoms with E-state index in [1.807, 2.05) is 20.9 Å². The number of likely N-dealkylation sites (N-methyl/N-ethyl adjacent to an activating group) is 1. The number of rotatable bonds is 11. The molecule has 186 valence electrons. The molecule has 0 heterocycles. The highest BCUT2D eigenvalue weighted by Crippen LogP contribution is 2.44. The highest BCUT2D eigenvalue weighted by Gasteiger charge is 2.31. The minimum atomic E-state index is 0.0370. The molecule has 2 aliphatic rings. The van der Waals surface area contributed by atoms with Gasteiger partial charge in [0.1, 0.15) is 12.4 Å². The Bertz CT molecular complexity index is 682. The Morgan fingerprint density at radius 1 is 0.939 bits per heavy atom. The predicted octanol–water partition coefficient (Wildman–Crippen LogP) is 7.84. The smallest absolute Gasteiger partial charge is 0.224 e. The first-order valence-corrected chi connectivity index (χ1v) is 14.0. The largest absolute Gasteiger partial charge is 0.492 e. The predicted molar refractivity (Wildman–Crippen MR) is 139 cm³/mol. The van der Waals surface area contributed by atoms with E-state index in [0.29, 0.717) is 13.2 Å². The molecule has 0 aliphatic heterocycles. The van der Waals surface area contributed by atoms with Crippen LogP contribution in [-0.4, -0.2) is 31.0 Å². The summed E-state index contributed by atoms with van der Waals surface area (Å²) in [5.74, 6) is 4.85. The van der Waals surface area contributed by atoms with Crippen LogP contribution in [0.3, 0.4) is 0 Å². The van der Waals surface area contributed by atoms with Gasteiger partial charge in [0.05, 0.1) is 6.54 Å². The van der Waals surface area contributed by atoms with Crippen molar-refractivity contribution in [3.05, 3.63) is 29.8 Å². The SMILES string of the molecule is CCCCCC1CCC(C2CCC(c3ccc(OCCN(C)C(=O)C(C)C)cc3)CC2)CC1. The molecule has 33 heavy (non-hydrogen) atoms. The summed E-state index contributed by atoms with van der Waals surface area (Å²) in [4.78, 5) is 13.7. The van der Waals surface area contributed by atoms with E-state index in [1.54, 1.807) is 4.90 Å². The monoisotopic (exact) mass is 455 g/mol. The van der Waals surface area contributed by atoms with Crippen LogP contribution in [-0.2, 0) is 4.79 Å². The van der Waals surface area contributed by atoms with E-state index in [4.69, 9.17) is 4.74 Å². The molecule has 0 N–H and O–H groups in total. The lowest BCUT2D eigenvalue weighted by molar-refractivity contribution is -0.133. The molecule has 2 aliphatic carbocycles. The lowest BCUT2D eigenvalue weighted by atomic mass is 9.68. The minimum Gasteiger partial charge on any atom is -0.492 e. The van der Waals surface area contributed by atoms with Crippen molar-refractivity contribution >= 4 is 5.91 Å². The first kappa shape index (κ1) is 26.1. The average molecular weight is 456 g/mol. The molecule has 1 aromatic rings. The van der Waals surface area contributed by atoms with Crippen LogP contribution in [0, 0.1) is 23.7 Å². The normalized spacial score (nSPS) is 25.7. The zero-order valence-corrected chi connectivity index (χ0v) is 21.9. The summed E-state index contributed by atoms with van der Waals surface area (Å²) in [6.07, 6.45) is 17.2. The number of benzene rings is 1. The van der Waals surface area contributed by atoms with Gasteiger partial charge in [0.15, 0.2) is 0 Å². The molecule has 3 rings (SSSR count). The van der Waals surface area contributed by atoms with Crippen LogP contribution >= 0.6 is 0 Å². The summed E-state index contributed by atoms with van der Waals surface area (Å²) >= 11 is 0. The molecule has 0 atom stereocenters. The summed E-state index contributed by atoms with van der Waals surface area (Å²) in [6, 6.07) is 8.77. The minimum absolute atomic E-state index is 0.0370. The van der Waals surface area contributed by atoms with E-state index in [0.717, 1.165) is 29.4 Å². The van der Waals surface area contributed by atoms with E-state index in [1.165, 1.54) is 82.6 Å². The molecule has 0 spiro atoms. The number of ether oxygens (including phenoxy) is 1. The van der Waals surface area contributed by atoms with Gasteiger partial charge in [-0.05, 0) is 79.9 Å². The maximum atomic E-state index is 12.0. The lowest BCUT2D eigenvalue weighted by Crippen LogP contribution is -2.33.